The predicted octanol–water partition coefficient (Wildman–Crippen LogP) is 3.49. The van der Waals surface area contributed by atoms with E-state index in [9.17, 15) is 13.2 Å². The maximum atomic E-state index is 14.2. The Morgan fingerprint density at radius 3 is 2.24 bits per heavy atom. The molecule has 21 heavy (non-hydrogen) atoms. The lowest BCUT2D eigenvalue weighted by atomic mass is 9.88. The van der Waals surface area contributed by atoms with E-state index in [0.29, 0.717) is 0 Å². The first-order chi connectivity index (χ1) is 10.0. The van der Waals surface area contributed by atoms with Gasteiger partial charge in [-0.2, -0.15) is 0 Å². The topological polar surface area (TPSA) is 15.3 Å². The average Bonchev–Trinajstić information content (AvgIpc) is 2.43. The monoisotopic (exact) mass is 300 g/mol. The standard InChI is InChI=1S/C16H23F3N2/c1-3-4-11(2)16(21-7-5-20-6-8-21)15-13(18)9-12(17)10-14(15)19/h9-11,16,20H,3-8H2,1-2H3/t11?,16-/m1/s1. The van der Waals surface area contributed by atoms with E-state index in [1.807, 2.05) is 6.92 Å². The van der Waals surface area contributed by atoms with Crippen molar-refractivity contribution in [2.45, 2.75) is 32.7 Å². The van der Waals surface area contributed by atoms with Crippen LogP contribution in [0.4, 0.5) is 13.2 Å². The van der Waals surface area contributed by atoms with Crippen LogP contribution in [0.5, 0.6) is 0 Å². The van der Waals surface area contributed by atoms with Gasteiger partial charge < -0.3 is 5.32 Å². The maximum Gasteiger partial charge on any atom is 0.133 e. The Hall–Kier alpha value is -1.07. The molecule has 0 saturated carbocycles. The van der Waals surface area contributed by atoms with Crippen LogP contribution in [-0.2, 0) is 0 Å². The van der Waals surface area contributed by atoms with Gasteiger partial charge in [-0.1, -0.05) is 20.3 Å². The Labute approximate surface area is 124 Å². The molecular formula is C16H23F3N2. The zero-order chi connectivity index (χ0) is 15.4. The van der Waals surface area contributed by atoms with Crippen LogP contribution in [0.2, 0.25) is 0 Å². The highest BCUT2D eigenvalue weighted by Gasteiger charge is 2.31. The molecular weight excluding hydrogens is 277 g/mol. The van der Waals surface area contributed by atoms with Crippen molar-refractivity contribution in [3.05, 3.63) is 35.1 Å². The number of nitrogens with one attached hydrogen (secondary N) is 1. The van der Waals surface area contributed by atoms with Crippen LogP contribution in [0.3, 0.4) is 0 Å². The van der Waals surface area contributed by atoms with Gasteiger partial charge in [-0.25, -0.2) is 13.2 Å². The molecule has 1 fully saturated rings. The lowest BCUT2D eigenvalue weighted by Crippen LogP contribution is -2.47. The highest BCUT2D eigenvalue weighted by atomic mass is 19.1. The van der Waals surface area contributed by atoms with Crippen molar-refractivity contribution < 1.29 is 13.2 Å². The maximum absolute atomic E-state index is 14.2. The number of halogens is 3. The molecule has 1 heterocycles. The normalized spacial score (nSPS) is 19.5. The van der Waals surface area contributed by atoms with Crippen LogP contribution >= 0.6 is 0 Å². The SMILES string of the molecule is CCCC(C)[C@H](c1c(F)cc(F)cc1F)N1CCNCC1. The Kier molecular flexibility index (Phi) is 5.65. The molecule has 5 heteroatoms. The predicted molar refractivity (Wildman–Crippen MR) is 77.6 cm³/mol. The second-order valence-corrected chi connectivity index (χ2v) is 5.78. The number of rotatable bonds is 5. The smallest absolute Gasteiger partial charge is 0.133 e. The van der Waals surface area contributed by atoms with E-state index in [4.69, 9.17) is 0 Å². The molecule has 1 aliphatic heterocycles. The van der Waals surface area contributed by atoms with E-state index >= 15 is 0 Å². The largest absolute Gasteiger partial charge is 0.314 e. The van der Waals surface area contributed by atoms with E-state index in [0.717, 1.165) is 51.2 Å². The summed E-state index contributed by atoms with van der Waals surface area (Å²) in [6.45, 7) is 7.17. The molecule has 0 aromatic heterocycles. The van der Waals surface area contributed by atoms with Crippen LogP contribution in [-0.4, -0.2) is 31.1 Å². The van der Waals surface area contributed by atoms with Gasteiger partial charge in [0.25, 0.3) is 0 Å². The summed E-state index contributed by atoms with van der Waals surface area (Å²) >= 11 is 0. The van der Waals surface area contributed by atoms with E-state index in [1.54, 1.807) is 0 Å². The number of hydrogen-bond donors (Lipinski definition) is 1. The highest BCUT2D eigenvalue weighted by Crippen LogP contribution is 2.35. The third kappa shape index (κ3) is 3.77. The molecule has 1 N–H and O–H groups in total. The number of nitrogens with zero attached hydrogens (tertiary/aromatic N) is 1. The number of benzene rings is 1. The second kappa shape index (κ2) is 7.27. The van der Waals surface area contributed by atoms with Crippen molar-refractivity contribution in [2.75, 3.05) is 26.2 Å². The van der Waals surface area contributed by atoms with Gasteiger partial charge in [0.15, 0.2) is 0 Å². The van der Waals surface area contributed by atoms with Crippen molar-refractivity contribution >= 4 is 0 Å². The molecule has 1 aromatic carbocycles. The molecule has 2 atom stereocenters. The van der Waals surface area contributed by atoms with Crippen molar-refractivity contribution in [1.82, 2.24) is 10.2 Å². The summed E-state index contributed by atoms with van der Waals surface area (Å²) < 4.78 is 41.5. The van der Waals surface area contributed by atoms with Crippen LogP contribution in [0.15, 0.2) is 12.1 Å². The van der Waals surface area contributed by atoms with E-state index in [2.05, 4.69) is 17.1 Å². The average molecular weight is 300 g/mol. The van der Waals surface area contributed by atoms with Gasteiger partial charge in [0, 0.05) is 49.9 Å². The molecule has 0 radical (unpaired) electrons. The zero-order valence-corrected chi connectivity index (χ0v) is 12.6. The molecule has 0 spiro atoms. The second-order valence-electron chi connectivity index (χ2n) is 5.78. The van der Waals surface area contributed by atoms with Gasteiger partial charge in [0.1, 0.15) is 17.5 Å². The summed E-state index contributed by atoms with van der Waals surface area (Å²) in [5.41, 5.74) is 0.0132. The van der Waals surface area contributed by atoms with E-state index < -0.39 is 17.5 Å². The third-order valence-electron chi connectivity index (χ3n) is 4.17. The Morgan fingerprint density at radius 2 is 1.71 bits per heavy atom. The van der Waals surface area contributed by atoms with Gasteiger partial charge in [-0.15, -0.1) is 0 Å². The first-order valence-electron chi connectivity index (χ1n) is 7.63. The van der Waals surface area contributed by atoms with Crippen LogP contribution in [0, 0.1) is 23.4 Å². The minimum absolute atomic E-state index is 0.0132. The van der Waals surface area contributed by atoms with Gasteiger partial charge in [0.05, 0.1) is 0 Å². The Balaban J connectivity index is 2.38. The fraction of sp³-hybridized carbons (Fsp3) is 0.625. The molecule has 0 bridgehead atoms. The van der Waals surface area contributed by atoms with E-state index in [1.165, 1.54) is 0 Å². The Bertz CT molecular complexity index is 450. The van der Waals surface area contributed by atoms with Crippen molar-refractivity contribution in [1.29, 1.82) is 0 Å². The summed E-state index contributed by atoms with van der Waals surface area (Å²) in [5.74, 6) is -2.31. The van der Waals surface area contributed by atoms with Crippen LogP contribution in [0.25, 0.3) is 0 Å². The quantitative estimate of drug-likeness (QED) is 0.895. The molecule has 1 aliphatic rings. The minimum atomic E-state index is -0.865. The molecule has 1 aromatic rings. The zero-order valence-electron chi connectivity index (χ0n) is 12.6. The first kappa shape index (κ1) is 16.3. The summed E-state index contributed by atoms with van der Waals surface area (Å²) in [4.78, 5) is 2.11. The first-order valence-corrected chi connectivity index (χ1v) is 7.63. The van der Waals surface area contributed by atoms with Gasteiger partial charge >= 0.3 is 0 Å². The molecule has 2 nitrogen and oxygen atoms in total. The van der Waals surface area contributed by atoms with Crippen LogP contribution < -0.4 is 5.32 Å². The fourth-order valence-electron chi connectivity index (χ4n) is 3.24. The molecule has 2 rings (SSSR count). The lowest BCUT2D eigenvalue weighted by molar-refractivity contribution is 0.119. The summed E-state index contributed by atoms with van der Waals surface area (Å²) in [6, 6.07) is 1.23. The molecule has 0 amide bonds. The van der Waals surface area contributed by atoms with Crippen molar-refractivity contribution in [2.24, 2.45) is 5.92 Å². The summed E-state index contributed by atoms with van der Waals surface area (Å²) in [5, 5.41) is 3.24. The molecule has 118 valence electrons. The van der Waals surface area contributed by atoms with Crippen molar-refractivity contribution in [3.8, 4) is 0 Å². The molecule has 1 unspecified atom stereocenters. The van der Waals surface area contributed by atoms with Gasteiger partial charge in [0.2, 0.25) is 0 Å². The van der Waals surface area contributed by atoms with Crippen molar-refractivity contribution in [3.63, 3.8) is 0 Å². The van der Waals surface area contributed by atoms with Gasteiger partial charge in [-0.3, -0.25) is 4.90 Å². The molecule has 0 aliphatic carbocycles. The third-order valence-corrected chi connectivity index (χ3v) is 4.17. The number of hydrogen-bond acceptors (Lipinski definition) is 2. The fourth-order valence-corrected chi connectivity index (χ4v) is 3.24. The summed E-state index contributed by atoms with van der Waals surface area (Å²) in [6.07, 6.45) is 1.83. The Morgan fingerprint density at radius 1 is 1.14 bits per heavy atom. The van der Waals surface area contributed by atoms with Crippen LogP contribution in [0.1, 0.15) is 38.3 Å². The number of piperazine rings is 1. The lowest BCUT2D eigenvalue weighted by Gasteiger charge is -2.38. The van der Waals surface area contributed by atoms with Gasteiger partial charge in [-0.05, 0) is 12.3 Å². The minimum Gasteiger partial charge on any atom is -0.314 e. The van der Waals surface area contributed by atoms with E-state index in [-0.39, 0.29) is 17.5 Å². The molecule has 1 saturated heterocycles. The summed E-state index contributed by atoms with van der Waals surface area (Å²) in [7, 11) is 0. The highest BCUT2D eigenvalue weighted by molar-refractivity contribution is 5.25.